The average molecular weight is 308 g/mol. The van der Waals surface area contributed by atoms with E-state index in [1.54, 1.807) is 4.90 Å². The highest BCUT2D eigenvalue weighted by Crippen LogP contribution is 2.11. The van der Waals surface area contributed by atoms with Crippen LogP contribution in [0, 0.1) is 0 Å². The number of morpholine rings is 1. The lowest BCUT2D eigenvalue weighted by molar-refractivity contribution is -0.134. The molecule has 4 nitrogen and oxygen atoms in total. The molecule has 1 saturated heterocycles. The van der Waals surface area contributed by atoms with E-state index in [1.807, 2.05) is 72.0 Å². The van der Waals surface area contributed by atoms with E-state index in [-0.39, 0.29) is 11.9 Å². The van der Waals surface area contributed by atoms with Gasteiger partial charge in [0.25, 0.3) is 0 Å². The number of carbonyl (C=O) groups excluding carboxylic acids is 1. The Bertz CT molecular complexity index is 394. The molecule has 0 N–H and O–H groups in total. The van der Waals surface area contributed by atoms with Crippen molar-refractivity contribution in [3.63, 3.8) is 0 Å². The monoisotopic (exact) mass is 308 g/mol. The number of hydrogen-bond donors (Lipinski definition) is 0. The predicted molar refractivity (Wildman–Crippen MR) is 93.7 cm³/mol. The van der Waals surface area contributed by atoms with Gasteiger partial charge in [0, 0.05) is 25.8 Å². The molecule has 1 aliphatic heterocycles. The van der Waals surface area contributed by atoms with Crippen LogP contribution in [0.4, 0.5) is 0 Å². The van der Waals surface area contributed by atoms with Crippen LogP contribution in [0.2, 0.25) is 0 Å². The summed E-state index contributed by atoms with van der Waals surface area (Å²) in [5.41, 5.74) is 0.899. The third-order valence-corrected chi connectivity index (χ3v) is 3.47. The molecule has 0 aliphatic carbocycles. The summed E-state index contributed by atoms with van der Waals surface area (Å²) in [6.07, 6.45) is 9.73. The molecule has 0 aromatic heterocycles. The Labute approximate surface area is 136 Å². The first-order valence-corrected chi connectivity index (χ1v) is 8.16. The van der Waals surface area contributed by atoms with Crippen molar-refractivity contribution in [2.45, 2.75) is 40.7 Å². The van der Waals surface area contributed by atoms with E-state index in [1.165, 1.54) is 0 Å². The molecule has 22 heavy (non-hydrogen) atoms. The maximum Gasteiger partial charge on any atom is 0.243 e. The first-order chi connectivity index (χ1) is 10.6. The summed E-state index contributed by atoms with van der Waals surface area (Å²) in [6.45, 7) is 12.9. The van der Waals surface area contributed by atoms with Crippen LogP contribution in [0.3, 0.4) is 0 Å². The van der Waals surface area contributed by atoms with Gasteiger partial charge in [-0.3, -0.25) is 9.69 Å². The van der Waals surface area contributed by atoms with E-state index in [0.717, 1.165) is 18.8 Å². The minimum atomic E-state index is -0.122. The van der Waals surface area contributed by atoms with Crippen LogP contribution in [-0.2, 0) is 9.53 Å². The van der Waals surface area contributed by atoms with Crippen molar-refractivity contribution in [1.29, 1.82) is 0 Å². The van der Waals surface area contributed by atoms with Gasteiger partial charge in [0.2, 0.25) is 5.91 Å². The van der Waals surface area contributed by atoms with Gasteiger partial charge >= 0.3 is 0 Å². The lowest BCUT2D eigenvalue weighted by atomic mass is 10.2. The fourth-order valence-corrected chi connectivity index (χ4v) is 2.17. The summed E-state index contributed by atoms with van der Waals surface area (Å²) in [5.74, 6) is 0.112. The Morgan fingerprint density at radius 1 is 1.18 bits per heavy atom. The van der Waals surface area contributed by atoms with Crippen LogP contribution in [0.1, 0.15) is 34.6 Å². The largest absolute Gasteiger partial charge is 0.379 e. The SMILES string of the molecule is C/C=C/C=C(\C=C\C)N(C)C(=O)C(C)N1CCOCC1.CC. The van der Waals surface area contributed by atoms with Crippen LogP contribution in [0.15, 0.2) is 36.1 Å². The van der Waals surface area contributed by atoms with Crippen molar-refractivity contribution in [1.82, 2.24) is 9.80 Å². The quantitative estimate of drug-likeness (QED) is 0.731. The number of ether oxygens (including phenoxy) is 1. The lowest BCUT2D eigenvalue weighted by Gasteiger charge is -2.33. The molecule has 0 bridgehead atoms. The number of allylic oxidation sites excluding steroid dienone is 5. The third-order valence-electron chi connectivity index (χ3n) is 3.47. The maximum absolute atomic E-state index is 12.6. The van der Waals surface area contributed by atoms with Gasteiger partial charge in [0.1, 0.15) is 0 Å². The topological polar surface area (TPSA) is 32.8 Å². The molecule has 126 valence electrons. The van der Waals surface area contributed by atoms with Gasteiger partial charge in [0.05, 0.1) is 19.3 Å². The van der Waals surface area contributed by atoms with Crippen LogP contribution >= 0.6 is 0 Å². The summed E-state index contributed by atoms with van der Waals surface area (Å²) in [7, 11) is 1.83. The Morgan fingerprint density at radius 2 is 1.77 bits per heavy atom. The number of likely N-dealkylation sites (N-methyl/N-ethyl adjacent to an activating group) is 1. The zero-order valence-corrected chi connectivity index (χ0v) is 15.0. The number of hydrogen-bond acceptors (Lipinski definition) is 3. The fraction of sp³-hybridized carbons (Fsp3) is 0.611. The summed E-state index contributed by atoms with van der Waals surface area (Å²) >= 11 is 0. The standard InChI is InChI=1S/C16H26N2O2.C2H6/c1-5-7-9-15(8-6-2)17(4)16(19)14(3)18-10-12-20-13-11-18;1-2/h5-9,14H,10-13H2,1-4H3;1-2H3/b7-5+,8-6+,15-9+;. The second-order valence-electron chi connectivity index (χ2n) is 4.84. The first kappa shape index (κ1) is 20.6. The summed E-state index contributed by atoms with van der Waals surface area (Å²) in [5, 5.41) is 0. The minimum Gasteiger partial charge on any atom is -0.379 e. The average Bonchev–Trinajstić information content (AvgIpc) is 2.59. The molecule has 0 radical (unpaired) electrons. The highest BCUT2D eigenvalue weighted by atomic mass is 16.5. The van der Waals surface area contributed by atoms with Gasteiger partial charge < -0.3 is 9.64 Å². The third kappa shape index (κ3) is 6.58. The van der Waals surface area contributed by atoms with E-state index >= 15 is 0 Å². The van der Waals surface area contributed by atoms with E-state index in [0.29, 0.717) is 13.2 Å². The number of rotatable bonds is 5. The second kappa shape index (κ2) is 12.2. The highest BCUT2D eigenvalue weighted by molar-refractivity contribution is 5.83. The Hall–Kier alpha value is -1.39. The molecule has 1 atom stereocenters. The van der Waals surface area contributed by atoms with Crippen LogP contribution in [0.25, 0.3) is 0 Å². The van der Waals surface area contributed by atoms with E-state index in [4.69, 9.17) is 4.74 Å². The van der Waals surface area contributed by atoms with Crippen molar-refractivity contribution in [2.24, 2.45) is 0 Å². The lowest BCUT2D eigenvalue weighted by Crippen LogP contribution is -2.49. The normalized spacial score (nSPS) is 18.2. The molecular formula is C18H32N2O2. The van der Waals surface area contributed by atoms with Gasteiger partial charge in [0.15, 0.2) is 0 Å². The molecule has 0 aromatic carbocycles. The molecule has 1 fully saturated rings. The minimum absolute atomic E-state index is 0.112. The maximum atomic E-state index is 12.6. The predicted octanol–water partition coefficient (Wildman–Crippen LogP) is 3.23. The molecule has 0 saturated carbocycles. The molecule has 0 aromatic rings. The molecule has 1 rings (SSSR count). The fourth-order valence-electron chi connectivity index (χ4n) is 2.17. The molecule has 1 heterocycles. The van der Waals surface area contributed by atoms with Gasteiger partial charge in [-0.2, -0.15) is 0 Å². The molecular weight excluding hydrogens is 276 g/mol. The zero-order chi connectivity index (χ0) is 17.0. The van der Waals surface area contributed by atoms with E-state index < -0.39 is 0 Å². The summed E-state index contributed by atoms with van der Waals surface area (Å²) in [4.78, 5) is 16.5. The number of amides is 1. The van der Waals surface area contributed by atoms with Crippen LogP contribution in [0.5, 0.6) is 0 Å². The van der Waals surface area contributed by atoms with Crippen LogP contribution < -0.4 is 0 Å². The van der Waals surface area contributed by atoms with E-state index in [9.17, 15) is 4.79 Å². The second-order valence-corrected chi connectivity index (χ2v) is 4.84. The van der Waals surface area contributed by atoms with Crippen molar-refractivity contribution in [2.75, 3.05) is 33.4 Å². The van der Waals surface area contributed by atoms with Crippen molar-refractivity contribution in [3.8, 4) is 0 Å². The Balaban J connectivity index is 0.00000211. The molecule has 1 unspecified atom stereocenters. The molecule has 1 aliphatic rings. The van der Waals surface area contributed by atoms with E-state index in [2.05, 4.69) is 4.90 Å². The van der Waals surface area contributed by atoms with Gasteiger partial charge in [-0.15, -0.1) is 0 Å². The Kier molecular flexibility index (Phi) is 11.4. The zero-order valence-electron chi connectivity index (χ0n) is 15.0. The smallest absolute Gasteiger partial charge is 0.243 e. The summed E-state index contributed by atoms with van der Waals surface area (Å²) in [6, 6.07) is -0.122. The van der Waals surface area contributed by atoms with Gasteiger partial charge in [-0.1, -0.05) is 32.1 Å². The molecule has 1 amide bonds. The van der Waals surface area contributed by atoms with Crippen LogP contribution in [-0.4, -0.2) is 55.1 Å². The molecule has 0 spiro atoms. The Morgan fingerprint density at radius 3 is 2.27 bits per heavy atom. The molecule has 4 heteroatoms. The van der Waals surface area contributed by atoms with Crippen molar-refractivity contribution in [3.05, 3.63) is 36.1 Å². The highest BCUT2D eigenvalue weighted by Gasteiger charge is 2.26. The number of carbonyl (C=O) groups is 1. The van der Waals surface area contributed by atoms with Crippen molar-refractivity contribution >= 4 is 5.91 Å². The summed E-state index contributed by atoms with van der Waals surface area (Å²) < 4.78 is 5.33. The van der Waals surface area contributed by atoms with Crippen molar-refractivity contribution < 1.29 is 9.53 Å². The van der Waals surface area contributed by atoms with Gasteiger partial charge in [-0.05, 0) is 32.9 Å². The van der Waals surface area contributed by atoms with Gasteiger partial charge in [-0.25, -0.2) is 0 Å². The number of nitrogens with zero attached hydrogens (tertiary/aromatic N) is 2. The first-order valence-electron chi connectivity index (χ1n) is 8.16.